The first kappa shape index (κ1) is 15.6. The number of carbonyl (C=O) groups is 1. The highest BCUT2D eigenvalue weighted by Crippen LogP contribution is 2.32. The minimum atomic E-state index is -3.06. The summed E-state index contributed by atoms with van der Waals surface area (Å²) in [5.41, 5.74) is 1.62. The molecule has 0 aliphatic carbocycles. The predicted molar refractivity (Wildman–Crippen MR) is 88.3 cm³/mol. The monoisotopic (exact) mass is 342 g/mol. The van der Waals surface area contributed by atoms with E-state index in [1.54, 1.807) is 6.07 Å². The molecule has 1 aromatic carbocycles. The van der Waals surface area contributed by atoms with Crippen LogP contribution in [0.25, 0.3) is 0 Å². The van der Waals surface area contributed by atoms with Crippen LogP contribution in [0.2, 0.25) is 5.02 Å². The third-order valence-electron chi connectivity index (χ3n) is 4.27. The van der Waals surface area contributed by atoms with Crippen molar-refractivity contribution in [2.24, 2.45) is 5.92 Å². The standard InChI is InChI=1S/C15H19ClN2O3S/c16-12-3-4-14(18-6-1-2-7-18)13(9-12)17-15(19)11-5-8-22(20,21)10-11/h3-4,9,11H,1-2,5-8,10H2,(H,17,19). The van der Waals surface area contributed by atoms with Crippen LogP contribution in [0.4, 0.5) is 11.4 Å². The second-order valence-electron chi connectivity index (χ2n) is 5.94. The minimum Gasteiger partial charge on any atom is -0.370 e. The topological polar surface area (TPSA) is 66.5 Å². The molecule has 0 radical (unpaired) electrons. The molecule has 0 bridgehead atoms. The van der Waals surface area contributed by atoms with E-state index < -0.39 is 15.8 Å². The van der Waals surface area contributed by atoms with E-state index in [-0.39, 0.29) is 17.4 Å². The van der Waals surface area contributed by atoms with Crippen LogP contribution in [0, 0.1) is 5.92 Å². The number of amides is 1. The zero-order valence-electron chi connectivity index (χ0n) is 12.2. The highest BCUT2D eigenvalue weighted by molar-refractivity contribution is 7.91. The second-order valence-corrected chi connectivity index (χ2v) is 8.61. The fraction of sp³-hybridized carbons (Fsp3) is 0.533. The van der Waals surface area contributed by atoms with Gasteiger partial charge in [0.1, 0.15) is 0 Å². The van der Waals surface area contributed by atoms with Gasteiger partial charge in [-0.2, -0.15) is 0 Å². The molecular formula is C15H19ClN2O3S. The van der Waals surface area contributed by atoms with Gasteiger partial charge in [0.15, 0.2) is 9.84 Å². The van der Waals surface area contributed by atoms with Gasteiger partial charge >= 0.3 is 0 Å². The maximum Gasteiger partial charge on any atom is 0.228 e. The summed E-state index contributed by atoms with van der Waals surface area (Å²) in [4.78, 5) is 14.6. The molecule has 1 unspecified atom stereocenters. The average molecular weight is 343 g/mol. The molecule has 5 nitrogen and oxygen atoms in total. The van der Waals surface area contributed by atoms with Crippen molar-refractivity contribution in [2.75, 3.05) is 34.8 Å². The van der Waals surface area contributed by atoms with Crippen LogP contribution >= 0.6 is 11.6 Å². The first-order valence-corrected chi connectivity index (χ1v) is 9.70. The van der Waals surface area contributed by atoms with Crippen molar-refractivity contribution in [3.63, 3.8) is 0 Å². The van der Waals surface area contributed by atoms with Crippen molar-refractivity contribution < 1.29 is 13.2 Å². The first-order chi connectivity index (χ1) is 10.4. The number of nitrogens with zero attached hydrogens (tertiary/aromatic N) is 1. The Kier molecular flexibility index (Phi) is 4.32. The Bertz CT molecular complexity index is 684. The van der Waals surface area contributed by atoms with Crippen LogP contribution in [0.15, 0.2) is 18.2 Å². The van der Waals surface area contributed by atoms with Gasteiger partial charge in [0.25, 0.3) is 0 Å². The number of hydrogen-bond donors (Lipinski definition) is 1. The summed E-state index contributed by atoms with van der Waals surface area (Å²) < 4.78 is 23.0. The smallest absolute Gasteiger partial charge is 0.228 e. The Morgan fingerprint density at radius 1 is 1.27 bits per heavy atom. The Morgan fingerprint density at radius 2 is 2.00 bits per heavy atom. The molecule has 0 aromatic heterocycles. The Balaban J connectivity index is 1.79. The molecule has 2 fully saturated rings. The predicted octanol–water partition coefficient (Wildman–Crippen LogP) is 2.31. The van der Waals surface area contributed by atoms with E-state index in [4.69, 9.17) is 11.6 Å². The number of benzene rings is 1. The van der Waals surface area contributed by atoms with E-state index in [1.165, 1.54) is 0 Å². The average Bonchev–Trinajstić information content (AvgIpc) is 3.08. The summed E-state index contributed by atoms with van der Waals surface area (Å²) in [5.74, 6) is -0.655. The molecule has 2 aliphatic rings. The van der Waals surface area contributed by atoms with Crippen molar-refractivity contribution in [3.8, 4) is 0 Å². The zero-order valence-corrected chi connectivity index (χ0v) is 13.8. The Morgan fingerprint density at radius 3 is 2.64 bits per heavy atom. The lowest BCUT2D eigenvalue weighted by molar-refractivity contribution is -0.119. The maximum absolute atomic E-state index is 12.3. The number of halogens is 1. The number of carbonyl (C=O) groups excluding carboxylic acids is 1. The number of anilines is 2. The molecule has 1 aromatic rings. The summed E-state index contributed by atoms with van der Waals surface area (Å²) in [6, 6.07) is 5.45. The van der Waals surface area contributed by atoms with Crippen LogP contribution in [0.1, 0.15) is 19.3 Å². The first-order valence-electron chi connectivity index (χ1n) is 7.50. The van der Waals surface area contributed by atoms with Crippen molar-refractivity contribution in [3.05, 3.63) is 23.2 Å². The third kappa shape index (κ3) is 3.38. The molecule has 22 heavy (non-hydrogen) atoms. The molecular weight excluding hydrogens is 324 g/mol. The van der Waals surface area contributed by atoms with Crippen LogP contribution < -0.4 is 10.2 Å². The summed E-state index contributed by atoms with van der Waals surface area (Å²) in [6.45, 7) is 1.92. The largest absolute Gasteiger partial charge is 0.370 e. The van der Waals surface area contributed by atoms with Gasteiger partial charge in [0.2, 0.25) is 5.91 Å². The van der Waals surface area contributed by atoms with Crippen molar-refractivity contribution in [1.29, 1.82) is 0 Å². The van der Waals surface area contributed by atoms with E-state index in [9.17, 15) is 13.2 Å². The van der Waals surface area contributed by atoms with Gasteiger partial charge in [-0.15, -0.1) is 0 Å². The van der Waals surface area contributed by atoms with Crippen LogP contribution in [-0.2, 0) is 14.6 Å². The summed E-state index contributed by atoms with van der Waals surface area (Å²) in [6.07, 6.45) is 2.67. The molecule has 2 heterocycles. The molecule has 1 amide bonds. The van der Waals surface area contributed by atoms with E-state index in [2.05, 4.69) is 10.2 Å². The Labute approximate surface area is 135 Å². The van der Waals surface area contributed by atoms with Crippen molar-refractivity contribution in [1.82, 2.24) is 0 Å². The molecule has 2 aliphatic heterocycles. The number of rotatable bonds is 3. The van der Waals surface area contributed by atoms with Gasteiger partial charge in [-0.05, 0) is 37.5 Å². The lowest BCUT2D eigenvalue weighted by atomic mass is 10.1. The summed E-state index contributed by atoms with van der Waals surface area (Å²) in [5, 5.41) is 3.43. The van der Waals surface area contributed by atoms with Gasteiger partial charge in [0.05, 0.1) is 28.8 Å². The molecule has 120 valence electrons. The number of sulfone groups is 1. The SMILES string of the molecule is O=C(Nc1cc(Cl)ccc1N1CCCC1)C1CCS(=O)(=O)C1. The van der Waals surface area contributed by atoms with Crippen LogP contribution in [-0.4, -0.2) is 38.9 Å². The lowest BCUT2D eigenvalue weighted by Gasteiger charge is -2.22. The quantitative estimate of drug-likeness (QED) is 0.915. The normalized spacial score (nSPS) is 23.7. The Hall–Kier alpha value is -1.27. The molecule has 7 heteroatoms. The van der Waals surface area contributed by atoms with E-state index in [0.717, 1.165) is 31.6 Å². The van der Waals surface area contributed by atoms with Gasteiger partial charge in [0, 0.05) is 18.1 Å². The van der Waals surface area contributed by atoms with Gasteiger partial charge in [-0.3, -0.25) is 4.79 Å². The maximum atomic E-state index is 12.3. The fourth-order valence-corrected chi connectivity index (χ4v) is 4.99. The highest BCUT2D eigenvalue weighted by atomic mass is 35.5. The lowest BCUT2D eigenvalue weighted by Crippen LogP contribution is -2.26. The molecule has 3 rings (SSSR count). The molecule has 1 N–H and O–H groups in total. The molecule has 1 atom stereocenters. The minimum absolute atomic E-state index is 0.0571. The molecule has 2 saturated heterocycles. The van der Waals surface area contributed by atoms with Crippen molar-refractivity contribution >= 4 is 38.7 Å². The summed E-state index contributed by atoms with van der Waals surface area (Å²) in [7, 11) is -3.06. The van der Waals surface area contributed by atoms with Crippen LogP contribution in [0.3, 0.4) is 0 Å². The third-order valence-corrected chi connectivity index (χ3v) is 6.27. The van der Waals surface area contributed by atoms with E-state index in [0.29, 0.717) is 17.1 Å². The van der Waals surface area contributed by atoms with Gasteiger partial charge in [-0.1, -0.05) is 11.6 Å². The summed E-state index contributed by atoms with van der Waals surface area (Å²) >= 11 is 6.05. The highest BCUT2D eigenvalue weighted by Gasteiger charge is 2.33. The number of nitrogens with one attached hydrogen (secondary N) is 1. The second kappa shape index (κ2) is 6.08. The number of hydrogen-bond acceptors (Lipinski definition) is 4. The van der Waals surface area contributed by atoms with Gasteiger partial charge in [-0.25, -0.2) is 8.42 Å². The van der Waals surface area contributed by atoms with Crippen molar-refractivity contribution in [2.45, 2.75) is 19.3 Å². The fourth-order valence-electron chi connectivity index (χ4n) is 3.08. The van der Waals surface area contributed by atoms with E-state index in [1.807, 2.05) is 12.1 Å². The van der Waals surface area contributed by atoms with Crippen LogP contribution in [0.5, 0.6) is 0 Å². The molecule has 0 spiro atoms. The van der Waals surface area contributed by atoms with Gasteiger partial charge < -0.3 is 10.2 Å². The van der Waals surface area contributed by atoms with E-state index >= 15 is 0 Å². The zero-order chi connectivity index (χ0) is 15.7. The molecule has 0 saturated carbocycles.